The van der Waals surface area contributed by atoms with Gasteiger partial charge in [0, 0.05) is 11.9 Å². The number of hydrogen-bond acceptors (Lipinski definition) is 4. The quantitative estimate of drug-likeness (QED) is 0.401. The molecule has 0 radical (unpaired) electrons. The van der Waals surface area contributed by atoms with Crippen molar-refractivity contribution in [1.29, 1.82) is 0 Å². The van der Waals surface area contributed by atoms with Crippen LogP contribution < -0.4 is 5.56 Å². The Morgan fingerprint density at radius 3 is 2.50 bits per heavy atom. The van der Waals surface area contributed by atoms with E-state index in [4.69, 9.17) is 4.98 Å². The van der Waals surface area contributed by atoms with Crippen molar-refractivity contribution < 1.29 is 0 Å². The van der Waals surface area contributed by atoms with Crippen LogP contribution in [-0.2, 0) is 5.75 Å². The van der Waals surface area contributed by atoms with Crippen LogP contribution in [0, 0.1) is 6.92 Å². The van der Waals surface area contributed by atoms with Gasteiger partial charge in [-0.2, -0.15) is 0 Å². The molecule has 0 saturated carbocycles. The average Bonchev–Trinajstić information content (AvgIpc) is 2.68. The first-order valence-corrected chi connectivity index (χ1v) is 9.32. The fourth-order valence-electron chi connectivity index (χ4n) is 2.75. The van der Waals surface area contributed by atoms with Gasteiger partial charge in [0.15, 0.2) is 5.16 Å². The van der Waals surface area contributed by atoms with Crippen LogP contribution >= 0.6 is 11.8 Å². The molecule has 5 heteroatoms. The van der Waals surface area contributed by atoms with Crippen LogP contribution in [0.2, 0.25) is 0 Å². The minimum absolute atomic E-state index is 0.0528. The molecule has 2 aromatic carbocycles. The molecular formula is C21H17N3OS. The monoisotopic (exact) mass is 359 g/mol. The zero-order valence-electron chi connectivity index (χ0n) is 14.3. The standard InChI is InChI=1S/C21H17N3OS/c1-15-9-11-17(12-10-15)24-20(25)18-7-2-3-8-19(18)23-21(24)26-14-16-6-4-5-13-22-16/h2-13H,14H2,1H3. The number of para-hydroxylation sites is 1. The summed E-state index contributed by atoms with van der Waals surface area (Å²) in [4.78, 5) is 22.2. The normalized spacial score (nSPS) is 11.0. The number of nitrogens with zero attached hydrogens (tertiary/aromatic N) is 3. The van der Waals surface area contributed by atoms with Gasteiger partial charge < -0.3 is 0 Å². The largest absolute Gasteiger partial charge is 0.268 e. The average molecular weight is 359 g/mol. The molecule has 0 aliphatic rings. The zero-order valence-corrected chi connectivity index (χ0v) is 15.1. The summed E-state index contributed by atoms with van der Waals surface area (Å²) >= 11 is 1.52. The fraction of sp³-hybridized carbons (Fsp3) is 0.0952. The Morgan fingerprint density at radius 1 is 0.962 bits per heavy atom. The van der Waals surface area contributed by atoms with Crippen molar-refractivity contribution in [2.75, 3.05) is 0 Å². The Hall–Kier alpha value is -2.92. The molecule has 0 N–H and O–H groups in total. The lowest BCUT2D eigenvalue weighted by Crippen LogP contribution is -2.21. The van der Waals surface area contributed by atoms with Crippen LogP contribution in [0.3, 0.4) is 0 Å². The van der Waals surface area contributed by atoms with E-state index in [2.05, 4.69) is 4.98 Å². The molecule has 0 atom stereocenters. The molecule has 0 unspecified atom stereocenters. The molecule has 0 saturated heterocycles. The summed E-state index contributed by atoms with van der Waals surface area (Å²) in [5.74, 6) is 0.650. The van der Waals surface area contributed by atoms with Gasteiger partial charge >= 0.3 is 0 Å². The van der Waals surface area contributed by atoms with E-state index >= 15 is 0 Å². The second kappa shape index (κ2) is 7.14. The first kappa shape index (κ1) is 16.5. The van der Waals surface area contributed by atoms with Gasteiger partial charge in [-0.15, -0.1) is 0 Å². The third-order valence-electron chi connectivity index (χ3n) is 4.11. The van der Waals surface area contributed by atoms with Crippen molar-refractivity contribution in [3.05, 3.63) is 94.5 Å². The van der Waals surface area contributed by atoms with Crippen molar-refractivity contribution in [3.8, 4) is 5.69 Å². The number of hydrogen-bond donors (Lipinski definition) is 0. The Balaban J connectivity index is 1.85. The van der Waals surface area contributed by atoms with Gasteiger partial charge in [0.05, 0.1) is 22.3 Å². The maximum atomic E-state index is 13.1. The Labute approximate surface area is 155 Å². The van der Waals surface area contributed by atoms with Crippen molar-refractivity contribution in [3.63, 3.8) is 0 Å². The maximum absolute atomic E-state index is 13.1. The van der Waals surface area contributed by atoms with Gasteiger partial charge in [0.1, 0.15) is 0 Å². The zero-order chi connectivity index (χ0) is 17.9. The number of pyridine rings is 1. The molecule has 4 aromatic rings. The Bertz CT molecular complexity index is 1110. The van der Waals surface area contributed by atoms with Crippen molar-refractivity contribution in [1.82, 2.24) is 14.5 Å². The smallest absolute Gasteiger partial charge is 0.266 e. The minimum atomic E-state index is -0.0528. The molecule has 0 spiro atoms. The molecule has 0 amide bonds. The number of thioether (sulfide) groups is 1. The van der Waals surface area contributed by atoms with Crippen LogP contribution in [0.25, 0.3) is 16.6 Å². The fourth-order valence-corrected chi connectivity index (χ4v) is 3.68. The number of aryl methyl sites for hydroxylation is 1. The van der Waals surface area contributed by atoms with Crippen LogP contribution in [-0.4, -0.2) is 14.5 Å². The van der Waals surface area contributed by atoms with Gasteiger partial charge in [-0.1, -0.05) is 47.7 Å². The van der Waals surface area contributed by atoms with Crippen LogP contribution in [0.5, 0.6) is 0 Å². The summed E-state index contributed by atoms with van der Waals surface area (Å²) in [5.41, 5.74) is 3.59. The topological polar surface area (TPSA) is 47.8 Å². The van der Waals surface area contributed by atoms with Gasteiger partial charge in [-0.3, -0.25) is 14.3 Å². The van der Waals surface area contributed by atoms with Gasteiger partial charge in [0.2, 0.25) is 0 Å². The van der Waals surface area contributed by atoms with Crippen LogP contribution in [0.1, 0.15) is 11.3 Å². The Kier molecular flexibility index (Phi) is 4.54. The van der Waals surface area contributed by atoms with E-state index in [1.165, 1.54) is 11.8 Å². The summed E-state index contributed by atoms with van der Waals surface area (Å²) in [5, 5.41) is 1.29. The van der Waals surface area contributed by atoms with E-state index in [0.717, 1.165) is 16.9 Å². The molecular weight excluding hydrogens is 342 g/mol. The minimum Gasteiger partial charge on any atom is -0.268 e. The SMILES string of the molecule is Cc1ccc(-n2c(SCc3ccccn3)nc3ccccc3c2=O)cc1. The summed E-state index contributed by atoms with van der Waals surface area (Å²) in [6.07, 6.45) is 1.77. The molecule has 2 heterocycles. The number of rotatable bonds is 4. The molecule has 0 fully saturated rings. The lowest BCUT2D eigenvalue weighted by molar-refractivity contribution is 0.819. The second-order valence-corrected chi connectivity index (χ2v) is 6.94. The van der Waals surface area contributed by atoms with Crippen LogP contribution in [0.4, 0.5) is 0 Å². The highest BCUT2D eigenvalue weighted by molar-refractivity contribution is 7.98. The third-order valence-corrected chi connectivity index (χ3v) is 5.08. The molecule has 4 rings (SSSR count). The van der Waals surface area contributed by atoms with Crippen LogP contribution in [0.15, 0.2) is 82.9 Å². The highest BCUT2D eigenvalue weighted by Gasteiger charge is 2.13. The van der Waals surface area contributed by atoms with E-state index in [1.54, 1.807) is 10.8 Å². The third kappa shape index (κ3) is 3.26. The molecule has 4 nitrogen and oxygen atoms in total. The first-order valence-electron chi connectivity index (χ1n) is 8.34. The predicted molar refractivity (Wildman–Crippen MR) is 106 cm³/mol. The molecule has 0 aliphatic heterocycles. The van der Waals surface area contributed by atoms with E-state index in [1.807, 2.05) is 73.7 Å². The van der Waals surface area contributed by atoms with E-state index < -0.39 is 0 Å². The maximum Gasteiger partial charge on any atom is 0.266 e. The van der Waals surface area contributed by atoms with E-state index in [9.17, 15) is 4.79 Å². The molecule has 0 bridgehead atoms. The number of benzene rings is 2. The highest BCUT2D eigenvalue weighted by atomic mass is 32.2. The molecule has 26 heavy (non-hydrogen) atoms. The molecule has 128 valence electrons. The predicted octanol–water partition coefficient (Wildman–Crippen LogP) is 4.38. The van der Waals surface area contributed by atoms with Crippen molar-refractivity contribution >= 4 is 22.7 Å². The second-order valence-electron chi connectivity index (χ2n) is 6.00. The van der Waals surface area contributed by atoms with E-state index in [0.29, 0.717) is 21.8 Å². The summed E-state index contributed by atoms with van der Waals surface area (Å²) < 4.78 is 1.69. The van der Waals surface area contributed by atoms with Gasteiger partial charge in [-0.05, 0) is 43.3 Å². The molecule has 2 aromatic heterocycles. The highest BCUT2D eigenvalue weighted by Crippen LogP contribution is 2.24. The van der Waals surface area contributed by atoms with E-state index in [-0.39, 0.29) is 5.56 Å². The van der Waals surface area contributed by atoms with Gasteiger partial charge in [0.25, 0.3) is 5.56 Å². The lowest BCUT2D eigenvalue weighted by atomic mass is 10.2. The summed E-state index contributed by atoms with van der Waals surface area (Å²) in [7, 11) is 0. The number of aromatic nitrogens is 3. The van der Waals surface area contributed by atoms with Gasteiger partial charge in [-0.25, -0.2) is 4.98 Å². The molecule has 0 aliphatic carbocycles. The van der Waals surface area contributed by atoms with Crippen molar-refractivity contribution in [2.45, 2.75) is 17.8 Å². The van der Waals surface area contributed by atoms with Crippen molar-refractivity contribution in [2.24, 2.45) is 0 Å². The Morgan fingerprint density at radius 2 is 1.73 bits per heavy atom. The summed E-state index contributed by atoms with van der Waals surface area (Å²) in [6.45, 7) is 2.03. The first-order chi connectivity index (χ1) is 12.7. The summed E-state index contributed by atoms with van der Waals surface area (Å²) in [6, 6.07) is 21.2. The number of fused-ring (bicyclic) bond motifs is 1. The lowest BCUT2D eigenvalue weighted by Gasteiger charge is -2.13.